The monoisotopic (exact) mass is 287 g/mol. The molecule has 2 saturated heterocycles. The van der Waals surface area contributed by atoms with Crippen LogP contribution in [0.15, 0.2) is 12.1 Å². The highest BCUT2D eigenvalue weighted by Gasteiger charge is 2.32. The zero-order chi connectivity index (χ0) is 15.0. The van der Waals surface area contributed by atoms with E-state index in [4.69, 9.17) is 5.73 Å². The van der Waals surface area contributed by atoms with Gasteiger partial charge in [-0.05, 0) is 63.3 Å². The molecular formula is C17H25N3O. The van der Waals surface area contributed by atoms with Crippen molar-refractivity contribution in [1.82, 2.24) is 10.2 Å². The lowest BCUT2D eigenvalue weighted by molar-refractivity contribution is 0.0895. The zero-order valence-corrected chi connectivity index (χ0v) is 13.0. The number of carbonyl (C=O) groups is 1. The number of benzene rings is 1. The number of piperidine rings is 1. The maximum Gasteiger partial charge on any atom is 0.251 e. The van der Waals surface area contributed by atoms with E-state index in [1.807, 2.05) is 26.0 Å². The van der Waals surface area contributed by atoms with Gasteiger partial charge in [0.25, 0.3) is 5.91 Å². The van der Waals surface area contributed by atoms with E-state index in [1.54, 1.807) is 0 Å². The minimum absolute atomic E-state index is 0.0237. The van der Waals surface area contributed by atoms with Gasteiger partial charge in [0.15, 0.2) is 0 Å². The van der Waals surface area contributed by atoms with Crippen LogP contribution in [0.5, 0.6) is 0 Å². The Labute approximate surface area is 126 Å². The summed E-state index contributed by atoms with van der Waals surface area (Å²) in [4.78, 5) is 15.1. The fourth-order valence-corrected chi connectivity index (χ4v) is 3.73. The van der Waals surface area contributed by atoms with Crippen molar-refractivity contribution in [2.75, 3.05) is 18.8 Å². The summed E-state index contributed by atoms with van der Waals surface area (Å²) < 4.78 is 0. The first-order chi connectivity index (χ1) is 10.0. The van der Waals surface area contributed by atoms with Gasteiger partial charge in [0.05, 0.1) is 0 Å². The number of nitrogen functional groups attached to an aromatic ring is 1. The Morgan fingerprint density at radius 2 is 2.05 bits per heavy atom. The molecule has 1 amide bonds. The number of aryl methyl sites for hydroxylation is 2. The summed E-state index contributed by atoms with van der Waals surface area (Å²) >= 11 is 0. The van der Waals surface area contributed by atoms with Crippen LogP contribution in [0.25, 0.3) is 0 Å². The molecular weight excluding hydrogens is 262 g/mol. The van der Waals surface area contributed by atoms with Crippen LogP contribution in [0, 0.1) is 13.8 Å². The van der Waals surface area contributed by atoms with Crippen molar-refractivity contribution in [2.24, 2.45) is 0 Å². The summed E-state index contributed by atoms with van der Waals surface area (Å²) in [7, 11) is 0. The van der Waals surface area contributed by atoms with Crippen LogP contribution >= 0.6 is 0 Å². The van der Waals surface area contributed by atoms with Crippen LogP contribution in [-0.2, 0) is 0 Å². The Bertz CT molecular complexity index is 555. The number of nitrogens with zero attached hydrogens (tertiary/aromatic N) is 1. The molecule has 4 heteroatoms. The summed E-state index contributed by atoms with van der Waals surface area (Å²) in [5.74, 6) is 0.0237. The van der Waals surface area contributed by atoms with Gasteiger partial charge >= 0.3 is 0 Å². The lowest BCUT2D eigenvalue weighted by Crippen LogP contribution is -2.47. The summed E-state index contributed by atoms with van der Waals surface area (Å²) in [6.07, 6.45) is 4.73. The number of hydrogen-bond donors (Lipinski definition) is 2. The number of anilines is 1. The third-order valence-electron chi connectivity index (χ3n) is 5.01. The Hall–Kier alpha value is -1.55. The smallest absolute Gasteiger partial charge is 0.251 e. The first kappa shape index (κ1) is 14.4. The second-order valence-corrected chi connectivity index (χ2v) is 6.55. The summed E-state index contributed by atoms with van der Waals surface area (Å²) in [6, 6.07) is 4.78. The summed E-state index contributed by atoms with van der Waals surface area (Å²) in [6.45, 7) is 6.30. The van der Waals surface area contributed by atoms with E-state index < -0.39 is 0 Å². The molecule has 114 valence electrons. The molecule has 0 aromatic heterocycles. The molecule has 3 N–H and O–H groups in total. The van der Waals surface area contributed by atoms with Crippen molar-refractivity contribution in [1.29, 1.82) is 0 Å². The fraction of sp³-hybridized carbons (Fsp3) is 0.588. The number of hydrogen-bond acceptors (Lipinski definition) is 3. The van der Waals surface area contributed by atoms with E-state index >= 15 is 0 Å². The average Bonchev–Trinajstić information content (AvgIpc) is 2.90. The SMILES string of the molecule is Cc1cc(C)c(C(=O)NC2CCN3CCCC3C2)cc1N. The zero-order valence-electron chi connectivity index (χ0n) is 13.0. The van der Waals surface area contributed by atoms with Gasteiger partial charge in [0.1, 0.15) is 0 Å². The largest absolute Gasteiger partial charge is 0.398 e. The van der Waals surface area contributed by atoms with Gasteiger partial charge in [-0.2, -0.15) is 0 Å². The standard InChI is InChI=1S/C17H25N3O/c1-11-8-12(2)16(18)10-15(11)17(21)19-13-5-7-20-6-3-4-14(20)9-13/h8,10,13-14H,3-7,9,18H2,1-2H3,(H,19,21). The minimum atomic E-state index is 0.0237. The van der Waals surface area contributed by atoms with E-state index in [-0.39, 0.29) is 5.91 Å². The van der Waals surface area contributed by atoms with Gasteiger partial charge < -0.3 is 16.0 Å². The fourth-order valence-electron chi connectivity index (χ4n) is 3.73. The molecule has 2 atom stereocenters. The molecule has 0 radical (unpaired) electrons. The molecule has 4 nitrogen and oxygen atoms in total. The number of nitrogens with one attached hydrogen (secondary N) is 1. The molecule has 0 bridgehead atoms. The van der Waals surface area contributed by atoms with Crippen LogP contribution in [0.3, 0.4) is 0 Å². The Morgan fingerprint density at radius 3 is 2.86 bits per heavy atom. The second-order valence-electron chi connectivity index (χ2n) is 6.55. The van der Waals surface area contributed by atoms with Gasteiger partial charge in [0.2, 0.25) is 0 Å². The number of nitrogens with two attached hydrogens (primary N) is 1. The number of carbonyl (C=O) groups excluding carboxylic acids is 1. The highest BCUT2D eigenvalue weighted by molar-refractivity contribution is 5.96. The number of rotatable bonds is 2. The summed E-state index contributed by atoms with van der Waals surface area (Å²) in [5, 5.41) is 3.21. The molecule has 0 aliphatic carbocycles. The van der Waals surface area contributed by atoms with Gasteiger partial charge in [0, 0.05) is 29.9 Å². The lowest BCUT2D eigenvalue weighted by atomic mass is 9.96. The van der Waals surface area contributed by atoms with Crippen molar-refractivity contribution >= 4 is 11.6 Å². The van der Waals surface area contributed by atoms with E-state index in [0.717, 1.165) is 30.5 Å². The van der Waals surface area contributed by atoms with Gasteiger partial charge in [-0.3, -0.25) is 4.79 Å². The Balaban J connectivity index is 1.68. The van der Waals surface area contributed by atoms with Crippen LogP contribution in [0.2, 0.25) is 0 Å². The van der Waals surface area contributed by atoms with Crippen molar-refractivity contribution in [2.45, 2.75) is 51.6 Å². The molecule has 2 unspecified atom stereocenters. The molecule has 1 aromatic carbocycles. The van der Waals surface area contributed by atoms with Gasteiger partial charge in [-0.15, -0.1) is 0 Å². The second kappa shape index (κ2) is 5.68. The molecule has 1 aromatic rings. The molecule has 2 heterocycles. The Kier molecular flexibility index (Phi) is 3.89. The van der Waals surface area contributed by atoms with E-state index in [1.165, 1.54) is 19.4 Å². The molecule has 21 heavy (non-hydrogen) atoms. The van der Waals surface area contributed by atoms with Crippen molar-refractivity contribution in [3.05, 3.63) is 28.8 Å². The predicted octanol–water partition coefficient (Wildman–Crippen LogP) is 2.24. The molecule has 2 aliphatic heterocycles. The lowest BCUT2D eigenvalue weighted by Gasteiger charge is -2.35. The molecule has 0 saturated carbocycles. The van der Waals surface area contributed by atoms with Crippen molar-refractivity contribution in [3.63, 3.8) is 0 Å². The topological polar surface area (TPSA) is 58.4 Å². The highest BCUT2D eigenvalue weighted by atomic mass is 16.1. The predicted molar refractivity (Wildman–Crippen MR) is 85.4 cm³/mol. The minimum Gasteiger partial charge on any atom is -0.398 e. The number of amides is 1. The first-order valence-electron chi connectivity index (χ1n) is 7.96. The van der Waals surface area contributed by atoms with Crippen LogP contribution in [0.1, 0.15) is 47.2 Å². The van der Waals surface area contributed by atoms with Crippen LogP contribution in [-0.4, -0.2) is 36.0 Å². The van der Waals surface area contributed by atoms with Crippen molar-refractivity contribution in [3.8, 4) is 0 Å². The quantitative estimate of drug-likeness (QED) is 0.820. The van der Waals surface area contributed by atoms with Gasteiger partial charge in [-0.25, -0.2) is 0 Å². The van der Waals surface area contributed by atoms with E-state index in [0.29, 0.717) is 23.3 Å². The van der Waals surface area contributed by atoms with E-state index in [9.17, 15) is 4.79 Å². The summed E-state index contributed by atoms with van der Waals surface area (Å²) in [5.41, 5.74) is 9.38. The van der Waals surface area contributed by atoms with Crippen molar-refractivity contribution < 1.29 is 4.79 Å². The van der Waals surface area contributed by atoms with Crippen LogP contribution < -0.4 is 11.1 Å². The number of fused-ring (bicyclic) bond motifs is 1. The third kappa shape index (κ3) is 2.91. The third-order valence-corrected chi connectivity index (χ3v) is 5.01. The maximum atomic E-state index is 12.5. The van der Waals surface area contributed by atoms with Gasteiger partial charge in [-0.1, -0.05) is 6.07 Å². The maximum absolute atomic E-state index is 12.5. The molecule has 3 rings (SSSR count). The highest BCUT2D eigenvalue weighted by Crippen LogP contribution is 2.27. The molecule has 2 fully saturated rings. The van der Waals surface area contributed by atoms with E-state index in [2.05, 4.69) is 10.2 Å². The molecule has 2 aliphatic rings. The molecule has 0 spiro atoms. The Morgan fingerprint density at radius 1 is 1.24 bits per heavy atom. The van der Waals surface area contributed by atoms with Crippen LogP contribution in [0.4, 0.5) is 5.69 Å². The average molecular weight is 287 g/mol. The normalized spacial score (nSPS) is 25.6. The first-order valence-corrected chi connectivity index (χ1v) is 7.96.